The van der Waals surface area contributed by atoms with E-state index in [1.54, 1.807) is 12.1 Å². The van der Waals surface area contributed by atoms with Crippen molar-refractivity contribution in [2.24, 2.45) is 5.41 Å². The zero-order valence-electron chi connectivity index (χ0n) is 18.0. The maximum Gasteiger partial charge on any atom is 0.258 e. The molecule has 2 aromatic carbocycles. The lowest BCUT2D eigenvalue weighted by molar-refractivity contribution is -0.173. The minimum absolute atomic E-state index is 0.00288. The number of benzene rings is 2. The van der Waals surface area contributed by atoms with E-state index in [0.29, 0.717) is 17.8 Å². The highest BCUT2D eigenvalue weighted by atomic mass is 35.5. The van der Waals surface area contributed by atoms with Crippen LogP contribution in [0.25, 0.3) is 11.0 Å². The number of rotatable bonds is 9. The van der Waals surface area contributed by atoms with Crippen molar-refractivity contribution in [3.8, 4) is 11.5 Å². The van der Waals surface area contributed by atoms with E-state index in [1.165, 1.54) is 12.1 Å². The van der Waals surface area contributed by atoms with Crippen molar-refractivity contribution < 1.29 is 28.0 Å². The number of hydrogen-bond acceptors (Lipinski definition) is 6. The van der Waals surface area contributed by atoms with Crippen LogP contribution in [0.5, 0.6) is 11.5 Å². The number of hydrogen-bond donors (Lipinski definition) is 1. The minimum atomic E-state index is -0.599. The third-order valence-corrected chi connectivity index (χ3v) is 6.71. The van der Waals surface area contributed by atoms with Crippen molar-refractivity contribution in [1.29, 1.82) is 0 Å². The molecule has 0 radical (unpaired) electrons. The molecule has 6 rings (SSSR count). The van der Waals surface area contributed by atoms with E-state index < -0.39 is 5.82 Å². The fraction of sp³-hybridized carbons (Fsp3) is 0.375. The topological polar surface area (TPSA) is 90.7 Å². The molecular formula is C24H22ClFN2O5. The number of fused-ring (bicyclic) bond motifs is 1. The number of halogens is 2. The van der Waals surface area contributed by atoms with Crippen LogP contribution in [0, 0.1) is 18.2 Å². The van der Waals surface area contributed by atoms with Crippen molar-refractivity contribution in [2.75, 3.05) is 13.2 Å². The van der Waals surface area contributed by atoms with Gasteiger partial charge < -0.3 is 19.3 Å². The Morgan fingerprint density at radius 1 is 1.12 bits per heavy atom. The molecule has 0 unspecified atom stereocenters. The van der Waals surface area contributed by atoms with Crippen LogP contribution in [0.3, 0.4) is 0 Å². The maximum absolute atomic E-state index is 13.5. The molecule has 0 spiro atoms. The number of aryl methyl sites for hydroxylation is 1. The third kappa shape index (κ3) is 4.27. The Kier molecular flexibility index (Phi) is 5.28. The summed E-state index contributed by atoms with van der Waals surface area (Å²) in [5, 5.41) is 7.81. The summed E-state index contributed by atoms with van der Waals surface area (Å²) in [5.74, 6) is -0.0423. The van der Waals surface area contributed by atoms with Gasteiger partial charge in [0.2, 0.25) is 0 Å². The lowest BCUT2D eigenvalue weighted by Crippen LogP contribution is -2.75. The molecule has 0 aliphatic heterocycles. The lowest BCUT2D eigenvalue weighted by atomic mass is 9.38. The Morgan fingerprint density at radius 3 is 2.58 bits per heavy atom. The van der Waals surface area contributed by atoms with E-state index in [0.717, 1.165) is 36.4 Å². The number of nitrogens with one attached hydrogen (secondary N) is 1. The second-order valence-electron chi connectivity index (χ2n) is 9.15. The summed E-state index contributed by atoms with van der Waals surface area (Å²) in [7, 11) is 0. The van der Waals surface area contributed by atoms with Crippen molar-refractivity contribution in [3.05, 3.63) is 52.9 Å². The van der Waals surface area contributed by atoms with Gasteiger partial charge in [-0.25, -0.2) is 4.39 Å². The fourth-order valence-corrected chi connectivity index (χ4v) is 5.25. The average molecular weight is 473 g/mol. The molecule has 9 heteroatoms. The number of amides is 1. The molecule has 1 heterocycles. The monoisotopic (exact) mass is 472 g/mol. The van der Waals surface area contributed by atoms with Crippen LogP contribution in [-0.2, 0) is 9.59 Å². The molecule has 3 aromatic rings. The van der Waals surface area contributed by atoms with Crippen LogP contribution in [0.2, 0.25) is 5.02 Å². The normalized spacial score (nSPS) is 22.9. The van der Waals surface area contributed by atoms with Gasteiger partial charge in [-0.1, -0.05) is 16.8 Å². The van der Waals surface area contributed by atoms with Gasteiger partial charge >= 0.3 is 0 Å². The second-order valence-corrected chi connectivity index (χ2v) is 9.56. The highest BCUT2D eigenvalue weighted by Gasteiger charge is 2.68. The Morgan fingerprint density at radius 2 is 1.82 bits per heavy atom. The predicted molar refractivity (Wildman–Crippen MR) is 118 cm³/mol. The number of carbonyl (C=O) groups is 2. The Bertz CT molecular complexity index is 1240. The number of ketones is 1. The molecule has 33 heavy (non-hydrogen) atoms. The first-order valence-electron chi connectivity index (χ1n) is 10.6. The van der Waals surface area contributed by atoms with Gasteiger partial charge in [0.1, 0.15) is 23.9 Å². The largest absolute Gasteiger partial charge is 0.486 e. The van der Waals surface area contributed by atoms with Gasteiger partial charge in [0, 0.05) is 29.5 Å². The first kappa shape index (κ1) is 21.7. The van der Waals surface area contributed by atoms with E-state index >= 15 is 0 Å². The van der Waals surface area contributed by atoms with Gasteiger partial charge in [0.15, 0.2) is 18.0 Å². The molecular weight excluding hydrogens is 451 g/mol. The van der Waals surface area contributed by atoms with Crippen LogP contribution in [-0.4, -0.2) is 35.6 Å². The Balaban J connectivity index is 1.04. The van der Waals surface area contributed by atoms with Crippen LogP contribution in [0.15, 0.2) is 40.9 Å². The van der Waals surface area contributed by atoms with Crippen LogP contribution < -0.4 is 14.8 Å². The zero-order chi connectivity index (χ0) is 23.2. The van der Waals surface area contributed by atoms with Crippen LogP contribution in [0.1, 0.15) is 31.4 Å². The quantitative estimate of drug-likeness (QED) is 0.497. The van der Waals surface area contributed by atoms with Crippen LogP contribution >= 0.6 is 11.6 Å². The second kappa shape index (κ2) is 8.02. The van der Waals surface area contributed by atoms with Crippen molar-refractivity contribution in [2.45, 2.75) is 38.1 Å². The molecule has 1 N–H and O–H groups in total. The number of Topliss-reactive ketones (excluding diaryl/α,β-unsaturated/α-hetero) is 1. The Hall–Kier alpha value is -3.13. The molecule has 3 aliphatic rings. The molecule has 0 atom stereocenters. The fourth-order valence-electron chi connectivity index (χ4n) is 5.13. The van der Waals surface area contributed by atoms with E-state index in [1.807, 2.05) is 13.0 Å². The molecule has 3 fully saturated rings. The van der Waals surface area contributed by atoms with Crippen molar-refractivity contribution in [3.63, 3.8) is 0 Å². The highest BCUT2D eigenvalue weighted by molar-refractivity contribution is 6.30. The van der Waals surface area contributed by atoms with Crippen molar-refractivity contribution in [1.82, 2.24) is 10.5 Å². The third-order valence-electron chi connectivity index (χ3n) is 6.40. The molecule has 172 valence electrons. The van der Waals surface area contributed by atoms with E-state index in [9.17, 15) is 14.0 Å². The molecule has 0 saturated heterocycles. The van der Waals surface area contributed by atoms with Crippen LogP contribution in [0.4, 0.5) is 4.39 Å². The molecule has 7 nitrogen and oxygen atoms in total. The summed E-state index contributed by atoms with van der Waals surface area (Å²) in [5.41, 5.74) is 1.12. The maximum atomic E-state index is 13.5. The summed E-state index contributed by atoms with van der Waals surface area (Å²) in [4.78, 5) is 24.7. The molecule has 3 saturated carbocycles. The van der Waals surface area contributed by atoms with E-state index in [-0.39, 0.29) is 46.6 Å². The first-order chi connectivity index (χ1) is 15.7. The average Bonchev–Trinajstić information content (AvgIpc) is 3.11. The number of nitrogens with zero attached hydrogens (tertiary/aromatic N) is 1. The number of ether oxygens (including phenoxy) is 2. The molecule has 1 amide bonds. The summed E-state index contributed by atoms with van der Waals surface area (Å²) in [6, 6.07) is 9.42. The lowest BCUT2D eigenvalue weighted by Gasteiger charge is -2.70. The standard InChI is InChI=1S/C24H22ClFN2O5/c1-14-18-4-2-17(7-21(18)33-28-14)31-9-15(29)8-23-11-24(12-23,13-23)27-22(30)10-32-16-3-5-19(25)20(26)6-16/h2-7H,8-13H2,1H3,(H,27,30). The van der Waals surface area contributed by atoms with Gasteiger partial charge in [-0.05, 0) is 55.9 Å². The van der Waals surface area contributed by atoms with Gasteiger partial charge in [0.05, 0.1) is 10.7 Å². The van der Waals surface area contributed by atoms with Gasteiger partial charge in [0.25, 0.3) is 5.91 Å². The molecule has 2 bridgehead atoms. The van der Waals surface area contributed by atoms with Gasteiger partial charge in [-0.2, -0.15) is 0 Å². The predicted octanol–water partition coefficient (Wildman–Crippen LogP) is 4.38. The summed E-state index contributed by atoms with van der Waals surface area (Å²) < 4.78 is 29.6. The van der Waals surface area contributed by atoms with Gasteiger partial charge in [-0.15, -0.1) is 0 Å². The summed E-state index contributed by atoms with van der Waals surface area (Å²) in [6.45, 7) is 1.64. The summed E-state index contributed by atoms with van der Waals surface area (Å²) >= 11 is 5.64. The van der Waals surface area contributed by atoms with Crippen molar-refractivity contribution >= 4 is 34.3 Å². The smallest absolute Gasteiger partial charge is 0.258 e. The first-order valence-corrected chi connectivity index (χ1v) is 11.0. The number of carbonyl (C=O) groups excluding carboxylic acids is 2. The Labute approximate surface area is 194 Å². The van der Waals surface area contributed by atoms with E-state index in [4.69, 9.17) is 25.6 Å². The molecule has 1 aromatic heterocycles. The SMILES string of the molecule is Cc1noc2cc(OCC(=O)CC34CC(NC(=O)COc5ccc(Cl)c(F)c5)(C3)C4)ccc12. The molecule has 3 aliphatic carbocycles. The number of aromatic nitrogens is 1. The zero-order valence-corrected chi connectivity index (χ0v) is 18.7. The minimum Gasteiger partial charge on any atom is -0.486 e. The van der Waals surface area contributed by atoms with E-state index in [2.05, 4.69) is 10.5 Å². The summed E-state index contributed by atoms with van der Waals surface area (Å²) in [6.07, 6.45) is 2.71. The van der Waals surface area contributed by atoms with Gasteiger partial charge in [-0.3, -0.25) is 9.59 Å². The highest BCUT2D eigenvalue weighted by Crippen LogP contribution is 2.69.